The quantitative estimate of drug-likeness (QED) is 0.227. The van der Waals surface area contributed by atoms with Gasteiger partial charge in [-0.3, -0.25) is 0 Å². The van der Waals surface area contributed by atoms with Crippen LogP contribution < -0.4 is 0 Å². The van der Waals surface area contributed by atoms with Crippen LogP contribution in [0.15, 0.2) is 12.2 Å². The zero-order chi connectivity index (χ0) is 21.2. The first-order valence-electron chi connectivity index (χ1n) is 12.1. The molecular weight excluding hydrogens is 368 g/mol. The van der Waals surface area contributed by atoms with E-state index in [2.05, 4.69) is 19.1 Å². The van der Waals surface area contributed by atoms with E-state index in [0.717, 1.165) is 12.8 Å². The highest BCUT2D eigenvalue weighted by Gasteiger charge is 2.39. The molecule has 0 aromatic rings. The number of ether oxygens (including phenoxy) is 2. The van der Waals surface area contributed by atoms with Gasteiger partial charge in [-0.25, -0.2) is 0 Å². The molecule has 0 aromatic carbocycles. The van der Waals surface area contributed by atoms with Crippen LogP contribution in [-0.2, 0) is 9.47 Å². The molecule has 5 heteroatoms. The molecule has 0 aliphatic carbocycles. The summed E-state index contributed by atoms with van der Waals surface area (Å²) in [4.78, 5) is 0. The summed E-state index contributed by atoms with van der Waals surface area (Å²) < 4.78 is 11.0. The van der Waals surface area contributed by atoms with Crippen LogP contribution in [0.25, 0.3) is 0 Å². The maximum atomic E-state index is 10.0. The number of allylic oxidation sites excluding steroid dienone is 2. The number of rotatable bonds is 18. The van der Waals surface area contributed by atoms with Gasteiger partial charge in [-0.15, -0.1) is 0 Å². The first kappa shape index (κ1) is 26.6. The molecule has 1 aliphatic rings. The largest absolute Gasteiger partial charge is 0.394 e. The van der Waals surface area contributed by atoms with Crippen LogP contribution in [0.2, 0.25) is 0 Å². The molecule has 1 aliphatic heterocycles. The van der Waals surface area contributed by atoms with Crippen molar-refractivity contribution in [3.63, 3.8) is 0 Å². The van der Waals surface area contributed by atoms with E-state index in [1.165, 1.54) is 77.0 Å². The first-order valence-corrected chi connectivity index (χ1v) is 12.1. The molecule has 4 atom stereocenters. The highest BCUT2D eigenvalue weighted by atomic mass is 16.6. The maximum Gasteiger partial charge on any atom is 0.114 e. The molecule has 0 saturated carbocycles. The van der Waals surface area contributed by atoms with Crippen LogP contribution in [0.3, 0.4) is 0 Å². The van der Waals surface area contributed by atoms with Gasteiger partial charge < -0.3 is 24.8 Å². The second-order valence-corrected chi connectivity index (χ2v) is 8.39. The lowest BCUT2D eigenvalue weighted by Crippen LogP contribution is -2.55. The van der Waals surface area contributed by atoms with Gasteiger partial charge in [-0.2, -0.15) is 0 Å². The zero-order valence-corrected chi connectivity index (χ0v) is 18.6. The van der Waals surface area contributed by atoms with Crippen LogP contribution >= 0.6 is 0 Å². The number of hydrogen-bond donors (Lipinski definition) is 3. The molecule has 0 radical (unpaired) electrons. The van der Waals surface area contributed by atoms with Gasteiger partial charge in [0.1, 0.15) is 24.4 Å². The van der Waals surface area contributed by atoms with E-state index in [4.69, 9.17) is 9.47 Å². The van der Waals surface area contributed by atoms with Crippen molar-refractivity contribution >= 4 is 0 Å². The molecule has 29 heavy (non-hydrogen) atoms. The summed E-state index contributed by atoms with van der Waals surface area (Å²) in [5.74, 6) is 0. The lowest BCUT2D eigenvalue weighted by Gasteiger charge is -2.37. The second-order valence-electron chi connectivity index (χ2n) is 8.39. The molecule has 1 saturated heterocycles. The Morgan fingerprint density at radius 3 is 1.97 bits per heavy atom. The van der Waals surface area contributed by atoms with E-state index in [1.807, 2.05) is 0 Å². The molecule has 0 bridgehead atoms. The Bertz CT molecular complexity index is 385. The molecule has 1 heterocycles. The minimum absolute atomic E-state index is 0.0440. The van der Waals surface area contributed by atoms with E-state index in [-0.39, 0.29) is 13.2 Å². The van der Waals surface area contributed by atoms with Gasteiger partial charge in [0, 0.05) is 6.61 Å². The Morgan fingerprint density at radius 2 is 1.38 bits per heavy atom. The number of aliphatic hydroxyl groups excluding tert-OH is 3. The van der Waals surface area contributed by atoms with E-state index in [0.29, 0.717) is 6.61 Å². The van der Waals surface area contributed by atoms with Crippen molar-refractivity contribution in [2.45, 2.75) is 121 Å². The van der Waals surface area contributed by atoms with Gasteiger partial charge in [0.15, 0.2) is 0 Å². The van der Waals surface area contributed by atoms with Crippen molar-refractivity contribution < 1.29 is 24.8 Å². The van der Waals surface area contributed by atoms with Gasteiger partial charge in [-0.05, 0) is 25.7 Å². The Balaban J connectivity index is 1.86. The third kappa shape index (κ3) is 12.7. The van der Waals surface area contributed by atoms with Crippen molar-refractivity contribution in [3.8, 4) is 0 Å². The van der Waals surface area contributed by atoms with Crippen molar-refractivity contribution in [3.05, 3.63) is 12.2 Å². The Kier molecular flexibility index (Phi) is 16.8. The second kappa shape index (κ2) is 18.3. The molecule has 0 aromatic heterocycles. The maximum absolute atomic E-state index is 10.0. The fraction of sp³-hybridized carbons (Fsp3) is 0.917. The highest BCUT2D eigenvalue weighted by molar-refractivity contribution is 4.87. The first-order chi connectivity index (χ1) is 14.2. The SMILES string of the molecule is CCCC/C=C/CCCCCCCCCCCCO[C@@H]1[C@@H](O)[C@H](O)CO[C@H]1CO. The minimum atomic E-state index is -0.988. The summed E-state index contributed by atoms with van der Waals surface area (Å²) in [6.07, 6.45) is 19.2. The van der Waals surface area contributed by atoms with Gasteiger partial charge in [0.2, 0.25) is 0 Å². The van der Waals surface area contributed by atoms with Crippen LogP contribution in [0, 0.1) is 0 Å². The van der Waals surface area contributed by atoms with Crippen molar-refractivity contribution in [2.24, 2.45) is 0 Å². The standard InChI is InChI=1S/C24H46O5/c1-2-3-4-5-6-7-8-9-10-11-12-13-14-15-16-17-18-28-24-22(19-25)29-20-21(26)23(24)27/h5-6,21-27H,2-4,7-20H2,1H3/b6-5+/t21-,22+,23+,24+/m1/s1. The summed E-state index contributed by atoms with van der Waals surface area (Å²) in [5, 5.41) is 29.0. The van der Waals surface area contributed by atoms with Gasteiger partial charge in [0.05, 0.1) is 13.2 Å². The predicted molar refractivity (Wildman–Crippen MR) is 118 cm³/mol. The van der Waals surface area contributed by atoms with Crippen LogP contribution in [0.4, 0.5) is 0 Å². The number of aliphatic hydroxyl groups is 3. The lowest BCUT2D eigenvalue weighted by atomic mass is 10.0. The monoisotopic (exact) mass is 414 g/mol. The molecule has 0 spiro atoms. The average Bonchev–Trinajstić information content (AvgIpc) is 2.73. The summed E-state index contributed by atoms with van der Waals surface area (Å²) in [6, 6.07) is 0. The molecule has 3 N–H and O–H groups in total. The van der Waals surface area contributed by atoms with E-state index in [9.17, 15) is 15.3 Å². The Labute approximate surface area is 178 Å². The predicted octanol–water partition coefficient (Wildman–Crippen LogP) is 4.52. The van der Waals surface area contributed by atoms with Crippen molar-refractivity contribution in [2.75, 3.05) is 19.8 Å². The van der Waals surface area contributed by atoms with Crippen molar-refractivity contribution in [1.29, 1.82) is 0 Å². The zero-order valence-electron chi connectivity index (χ0n) is 18.6. The average molecular weight is 415 g/mol. The molecule has 172 valence electrons. The van der Waals surface area contributed by atoms with Crippen LogP contribution in [0.1, 0.15) is 96.8 Å². The van der Waals surface area contributed by atoms with Gasteiger partial charge in [-0.1, -0.05) is 83.3 Å². The number of unbranched alkanes of at least 4 members (excludes halogenated alkanes) is 12. The lowest BCUT2D eigenvalue weighted by molar-refractivity contribution is -0.211. The smallest absolute Gasteiger partial charge is 0.114 e. The van der Waals surface area contributed by atoms with E-state index < -0.39 is 24.4 Å². The fourth-order valence-electron chi connectivity index (χ4n) is 3.77. The summed E-state index contributed by atoms with van der Waals surface area (Å²) in [7, 11) is 0. The van der Waals surface area contributed by atoms with Crippen molar-refractivity contribution in [1.82, 2.24) is 0 Å². The normalized spacial score (nSPS) is 25.1. The Hall–Kier alpha value is -0.460. The summed E-state index contributed by atoms with van der Waals surface area (Å²) in [6.45, 7) is 2.61. The molecule has 0 unspecified atom stereocenters. The van der Waals surface area contributed by atoms with E-state index in [1.54, 1.807) is 0 Å². The highest BCUT2D eigenvalue weighted by Crippen LogP contribution is 2.19. The fourth-order valence-corrected chi connectivity index (χ4v) is 3.77. The molecule has 1 rings (SSSR count). The summed E-state index contributed by atoms with van der Waals surface area (Å²) >= 11 is 0. The third-order valence-corrected chi connectivity index (χ3v) is 5.72. The minimum Gasteiger partial charge on any atom is -0.394 e. The van der Waals surface area contributed by atoms with E-state index >= 15 is 0 Å². The topological polar surface area (TPSA) is 79.2 Å². The summed E-state index contributed by atoms with van der Waals surface area (Å²) in [5.41, 5.74) is 0. The Morgan fingerprint density at radius 1 is 0.828 bits per heavy atom. The molecule has 0 amide bonds. The molecular formula is C24H46O5. The van der Waals surface area contributed by atoms with Crippen LogP contribution in [0.5, 0.6) is 0 Å². The molecule has 1 fully saturated rings. The number of hydrogen-bond acceptors (Lipinski definition) is 5. The van der Waals surface area contributed by atoms with Gasteiger partial charge >= 0.3 is 0 Å². The van der Waals surface area contributed by atoms with Crippen LogP contribution in [-0.4, -0.2) is 59.6 Å². The van der Waals surface area contributed by atoms with Gasteiger partial charge in [0.25, 0.3) is 0 Å². The third-order valence-electron chi connectivity index (χ3n) is 5.72. The molecule has 5 nitrogen and oxygen atoms in total.